The Bertz CT molecular complexity index is 1140. The van der Waals surface area contributed by atoms with Gasteiger partial charge in [-0.3, -0.25) is 19.6 Å². The summed E-state index contributed by atoms with van der Waals surface area (Å²) in [5.41, 5.74) is 3.30. The van der Waals surface area contributed by atoms with Crippen molar-refractivity contribution >= 4 is 28.5 Å². The number of benzene rings is 2. The lowest BCUT2D eigenvalue weighted by atomic mass is 10.0. The fourth-order valence-corrected chi connectivity index (χ4v) is 5.84. The molecule has 2 aromatic carbocycles. The van der Waals surface area contributed by atoms with Crippen molar-refractivity contribution in [2.45, 2.75) is 50.9 Å². The summed E-state index contributed by atoms with van der Waals surface area (Å²) in [7, 11) is 0. The van der Waals surface area contributed by atoms with Crippen LogP contribution >= 0.6 is 22.6 Å². The molecule has 194 valence electrons. The van der Waals surface area contributed by atoms with E-state index in [0.29, 0.717) is 5.56 Å². The fourth-order valence-electron chi connectivity index (χ4n) is 5.20. The van der Waals surface area contributed by atoms with E-state index in [0.717, 1.165) is 74.3 Å². The van der Waals surface area contributed by atoms with Gasteiger partial charge in [0, 0.05) is 63.3 Å². The second-order valence-corrected chi connectivity index (χ2v) is 11.3. The molecule has 1 aromatic heterocycles. The van der Waals surface area contributed by atoms with Gasteiger partial charge in [0.1, 0.15) is 11.9 Å². The molecule has 0 aliphatic carbocycles. The highest BCUT2D eigenvalue weighted by Gasteiger charge is 2.23. The molecule has 3 aromatic rings. The number of piperidine rings is 2. The number of carbonyl (C=O) groups is 1. The van der Waals surface area contributed by atoms with Crippen LogP contribution in [-0.2, 0) is 13.1 Å². The Labute approximate surface area is 233 Å². The van der Waals surface area contributed by atoms with Crippen LogP contribution in [0.3, 0.4) is 0 Å². The van der Waals surface area contributed by atoms with E-state index in [1.807, 2.05) is 36.7 Å². The lowest BCUT2D eigenvalue weighted by molar-refractivity contribution is 0.0907. The zero-order valence-corrected chi connectivity index (χ0v) is 23.3. The van der Waals surface area contributed by atoms with Gasteiger partial charge in [0.2, 0.25) is 0 Å². The van der Waals surface area contributed by atoms with E-state index < -0.39 is 0 Å². The Morgan fingerprint density at radius 2 is 1.57 bits per heavy atom. The number of pyridine rings is 1. The zero-order valence-electron chi connectivity index (χ0n) is 21.2. The molecular weight excluding hydrogens is 575 g/mol. The molecule has 3 heterocycles. The van der Waals surface area contributed by atoms with Crippen LogP contribution in [0, 0.1) is 3.57 Å². The first-order chi connectivity index (χ1) is 18.1. The van der Waals surface area contributed by atoms with Crippen LogP contribution in [0.2, 0.25) is 0 Å². The van der Waals surface area contributed by atoms with E-state index in [9.17, 15) is 4.79 Å². The number of nitrogens with one attached hydrogen (secondary N) is 1. The molecule has 1 amide bonds. The normalized spacial score (nSPS) is 18.0. The third-order valence-corrected chi connectivity index (χ3v) is 8.17. The predicted molar refractivity (Wildman–Crippen MR) is 155 cm³/mol. The number of rotatable bonds is 8. The second-order valence-electron chi connectivity index (χ2n) is 10.1. The number of aromatic nitrogens is 1. The molecule has 0 saturated carbocycles. The molecule has 37 heavy (non-hydrogen) atoms. The first-order valence-electron chi connectivity index (χ1n) is 13.3. The van der Waals surface area contributed by atoms with Gasteiger partial charge in [0.15, 0.2) is 0 Å². The number of ether oxygens (including phenoxy) is 1. The summed E-state index contributed by atoms with van der Waals surface area (Å²) >= 11 is 2.29. The van der Waals surface area contributed by atoms with Gasteiger partial charge in [0.25, 0.3) is 5.91 Å². The van der Waals surface area contributed by atoms with E-state index in [2.05, 4.69) is 79.1 Å². The Morgan fingerprint density at radius 1 is 0.892 bits per heavy atom. The van der Waals surface area contributed by atoms with Crippen LogP contribution in [0.25, 0.3) is 0 Å². The summed E-state index contributed by atoms with van der Waals surface area (Å²) in [5, 5.41) is 3.25. The summed E-state index contributed by atoms with van der Waals surface area (Å²) in [6, 6.07) is 20.7. The van der Waals surface area contributed by atoms with Gasteiger partial charge in [-0.2, -0.15) is 0 Å². The van der Waals surface area contributed by atoms with Crippen molar-refractivity contribution in [3.63, 3.8) is 0 Å². The molecule has 1 N–H and O–H groups in total. The Balaban J connectivity index is 1.06. The van der Waals surface area contributed by atoms with Crippen molar-refractivity contribution in [3.8, 4) is 5.75 Å². The van der Waals surface area contributed by atoms with E-state index in [4.69, 9.17) is 4.74 Å². The van der Waals surface area contributed by atoms with Crippen LogP contribution < -0.4 is 10.1 Å². The fraction of sp³-hybridized carbons (Fsp3) is 0.400. The maximum atomic E-state index is 12.9. The second kappa shape index (κ2) is 12.8. The first kappa shape index (κ1) is 26.1. The minimum Gasteiger partial charge on any atom is -0.489 e. The lowest BCUT2D eigenvalue weighted by Gasteiger charge is -2.32. The van der Waals surface area contributed by atoms with Gasteiger partial charge >= 0.3 is 0 Å². The lowest BCUT2D eigenvalue weighted by Crippen LogP contribution is -2.44. The number of likely N-dealkylation sites (tertiary alicyclic amines) is 2. The van der Waals surface area contributed by atoms with E-state index >= 15 is 0 Å². The maximum Gasteiger partial charge on any atom is 0.251 e. The number of hydrogen-bond acceptors (Lipinski definition) is 5. The highest BCUT2D eigenvalue weighted by molar-refractivity contribution is 14.1. The van der Waals surface area contributed by atoms with Crippen LogP contribution in [0.5, 0.6) is 5.75 Å². The molecule has 2 saturated heterocycles. The van der Waals surface area contributed by atoms with Crippen LogP contribution in [0.15, 0.2) is 73.1 Å². The average Bonchev–Trinajstić information content (AvgIpc) is 2.93. The van der Waals surface area contributed by atoms with Crippen LogP contribution in [0.1, 0.15) is 47.2 Å². The van der Waals surface area contributed by atoms with E-state index in [1.54, 1.807) is 0 Å². The molecule has 2 aliphatic rings. The van der Waals surface area contributed by atoms with Crippen molar-refractivity contribution in [2.24, 2.45) is 0 Å². The Hall–Kier alpha value is -2.49. The highest BCUT2D eigenvalue weighted by atomic mass is 127. The van der Waals surface area contributed by atoms with Crippen LogP contribution in [-0.4, -0.2) is 59.0 Å². The van der Waals surface area contributed by atoms with E-state index in [1.165, 1.54) is 11.1 Å². The summed E-state index contributed by atoms with van der Waals surface area (Å²) in [4.78, 5) is 22.1. The average molecular weight is 611 g/mol. The van der Waals surface area contributed by atoms with Gasteiger partial charge in [-0.15, -0.1) is 0 Å². The predicted octanol–water partition coefficient (Wildman–Crippen LogP) is 5.12. The molecule has 2 aliphatic heterocycles. The third-order valence-electron chi connectivity index (χ3n) is 7.32. The van der Waals surface area contributed by atoms with Crippen molar-refractivity contribution < 1.29 is 9.53 Å². The van der Waals surface area contributed by atoms with Crippen molar-refractivity contribution in [1.29, 1.82) is 0 Å². The van der Waals surface area contributed by atoms with Gasteiger partial charge in [-0.1, -0.05) is 36.4 Å². The Morgan fingerprint density at radius 3 is 2.24 bits per heavy atom. The molecule has 0 atom stereocenters. The summed E-state index contributed by atoms with van der Waals surface area (Å²) in [5.74, 6) is 0.881. The summed E-state index contributed by atoms with van der Waals surface area (Å²) < 4.78 is 7.33. The molecule has 2 fully saturated rings. The van der Waals surface area contributed by atoms with Crippen LogP contribution in [0.4, 0.5) is 0 Å². The highest BCUT2D eigenvalue weighted by Crippen LogP contribution is 2.26. The number of carbonyl (C=O) groups excluding carboxylic acids is 1. The van der Waals surface area contributed by atoms with Gasteiger partial charge in [0.05, 0.1) is 3.57 Å². The van der Waals surface area contributed by atoms with Crippen molar-refractivity contribution in [3.05, 3.63) is 93.3 Å². The number of amides is 1. The summed E-state index contributed by atoms with van der Waals surface area (Å²) in [6.07, 6.45) is 7.93. The molecule has 5 rings (SSSR count). The summed E-state index contributed by atoms with van der Waals surface area (Å²) in [6.45, 7) is 5.96. The Kier molecular flexibility index (Phi) is 9.07. The first-order valence-corrected chi connectivity index (χ1v) is 14.3. The molecule has 7 heteroatoms. The smallest absolute Gasteiger partial charge is 0.251 e. The molecule has 0 spiro atoms. The minimum atomic E-state index is 0.00897. The molecule has 6 nitrogen and oxygen atoms in total. The zero-order chi connectivity index (χ0) is 25.5. The van der Waals surface area contributed by atoms with Crippen molar-refractivity contribution in [1.82, 2.24) is 20.1 Å². The van der Waals surface area contributed by atoms with Gasteiger partial charge < -0.3 is 10.1 Å². The largest absolute Gasteiger partial charge is 0.489 e. The van der Waals surface area contributed by atoms with Crippen molar-refractivity contribution in [2.75, 3.05) is 26.2 Å². The van der Waals surface area contributed by atoms with E-state index in [-0.39, 0.29) is 18.1 Å². The van der Waals surface area contributed by atoms with Gasteiger partial charge in [-0.05, 0) is 83.7 Å². The number of nitrogens with zero attached hydrogens (tertiary/aromatic N) is 3. The SMILES string of the molecule is O=C(NC1CCN(Cc2ccccc2)CC1)c1ccc(OC2CCN(Cc3cccnc3)CC2)c(I)c1. The standard InChI is InChI=1S/C30H35IN4O2/c31-28-19-25(30(36)33-26-10-15-34(16-11-26)21-23-5-2-1-3-6-23)8-9-29(28)37-27-12-17-35(18-13-27)22-24-7-4-14-32-20-24/h1-9,14,19-20,26-27H,10-13,15-18,21-22H2,(H,33,36). The monoisotopic (exact) mass is 610 g/mol. The van der Waals surface area contributed by atoms with Gasteiger partial charge in [-0.25, -0.2) is 0 Å². The number of hydrogen-bond donors (Lipinski definition) is 1. The molecule has 0 bridgehead atoms. The molecule has 0 unspecified atom stereocenters. The maximum absolute atomic E-state index is 12.9. The minimum absolute atomic E-state index is 0.00897. The third kappa shape index (κ3) is 7.52. The number of halogens is 1. The quantitative estimate of drug-likeness (QED) is 0.359. The topological polar surface area (TPSA) is 57.7 Å². The molecular formula is C30H35IN4O2. The molecule has 0 radical (unpaired) electrons.